The molecule has 1 saturated carbocycles. The van der Waals surface area contributed by atoms with Gasteiger partial charge in [-0.25, -0.2) is 14.4 Å². The molecule has 10 heteroatoms. The molecule has 10 nitrogen and oxygen atoms in total. The fourth-order valence-electron chi connectivity index (χ4n) is 4.23. The second-order valence-electron chi connectivity index (χ2n) is 8.61. The predicted octanol–water partition coefficient (Wildman–Crippen LogP) is 0.579. The van der Waals surface area contributed by atoms with Crippen LogP contribution in [0.2, 0.25) is 0 Å². The van der Waals surface area contributed by atoms with E-state index in [1.165, 1.54) is 6.42 Å². The number of aliphatic carboxylic acids is 2. The molecule has 4 atom stereocenters. The summed E-state index contributed by atoms with van der Waals surface area (Å²) in [6.45, 7) is 1.69. The molecule has 184 valence electrons. The number of carboxylic acid groups (broad SMARTS) is 2. The number of ether oxygens (including phenoxy) is 1. The van der Waals surface area contributed by atoms with E-state index < -0.39 is 35.7 Å². The normalized spacial score (nSPS) is 22.8. The summed E-state index contributed by atoms with van der Waals surface area (Å²) in [5.74, 6) is -4.05. The van der Waals surface area contributed by atoms with E-state index >= 15 is 0 Å². The molecule has 33 heavy (non-hydrogen) atoms. The van der Waals surface area contributed by atoms with Gasteiger partial charge in [-0.3, -0.25) is 0 Å². The molecule has 1 aliphatic heterocycles. The number of aliphatic hydroxyl groups is 3. The molecule has 1 aromatic rings. The summed E-state index contributed by atoms with van der Waals surface area (Å²) in [7, 11) is 2.03. The first-order valence-corrected chi connectivity index (χ1v) is 11.1. The number of hydrogen-bond donors (Lipinski definition) is 5. The molecular weight excluding hydrogens is 434 g/mol. The molecule has 1 saturated heterocycles. The fourth-order valence-corrected chi connectivity index (χ4v) is 4.23. The number of esters is 1. The maximum atomic E-state index is 12.9. The van der Waals surface area contributed by atoms with Gasteiger partial charge in [0.2, 0.25) is 0 Å². The second-order valence-corrected chi connectivity index (χ2v) is 8.61. The maximum Gasteiger partial charge on any atom is 0.343 e. The zero-order valence-electron chi connectivity index (χ0n) is 18.7. The van der Waals surface area contributed by atoms with E-state index in [-0.39, 0.29) is 12.0 Å². The van der Waals surface area contributed by atoms with Crippen molar-refractivity contribution in [1.29, 1.82) is 0 Å². The van der Waals surface area contributed by atoms with E-state index in [2.05, 4.69) is 4.90 Å². The standard InChI is InChI=1S/C19H27NO3.C4H6O6/c1-20-13-12-17(14-20)23-18(21)19(22,15-8-4-2-5-9-15)16-10-6-3-7-11-16;5-1(3(7)8)2(6)4(9)10/h2,4-5,8-9,16-17,22H,3,6-7,10-14H2,1H3;1-2,5-6H,(H,7,8)(H,9,10)/t17-,19-;/m1./s1. The fraction of sp³-hybridized carbons (Fsp3) is 0.609. The molecule has 5 N–H and O–H groups in total. The topological polar surface area (TPSA) is 165 Å². The number of hydrogen-bond acceptors (Lipinski definition) is 8. The Hall–Kier alpha value is -2.53. The first-order valence-electron chi connectivity index (χ1n) is 11.1. The van der Waals surface area contributed by atoms with Gasteiger partial charge >= 0.3 is 17.9 Å². The quantitative estimate of drug-likeness (QED) is 0.358. The van der Waals surface area contributed by atoms with Gasteiger partial charge in [-0.1, -0.05) is 49.6 Å². The van der Waals surface area contributed by atoms with Crippen LogP contribution < -0.4 is 0 Å². The zero-order valence-corrected chi connectivity index (χ0v) is 18.7. The van der Waals surface area contributed by atoms with Crippen LogP contribution in [0.5, 0.6) is 0 Å². The smallest absolute Gasteiger partial charge is 0.343 e. The number of likely N-dealkylation sites (tertiary alicyclic amines) is 1. The van der Waals surface area contributed by atoms with Gasteiger partial charge in [0, 0.05) is 19.0 Å². The first-order chi connectivity index (χ1) is 15.6. The van der Waals surface area contributed by atoms with E-state index in [0.717, 1.165) is 45.2 Å². The Balaban J connectivity index is 0.000000328. The Bertz CT molecular complexity index is 778. The van der Waals surface area contributed by atoms with Gasteiger partial charge in [0.05, 0.1) is 0 Å². The first kappa shape index (κ1) is 26.7. The Morgan fingerprint density at radius 1 is 0.970 bits per heavy atom. The number of carboxylic acids is 2. The lowest BCUT2D eigenvalue weighted by Gasteiger charge is -2.37. The second kappa shape index (κ2) is 12.1. The van der Waals surface area contributed by atoms with Crippen LogP contribution in [0.25, 0.3) is 0 Å². The summed E-state index contributed by atoms with van der Waals surface area (Å²) in [6, 6.07) is 9.34. The highest BCUT2D eigenvalue weighted by molar-refractivity contribution is 5.83. The number of benzene rings is 1. The molecule has 2 aliphatic rings. The SMILES string of the molecule is CN1CC[C@@H](OC(=O)[C@@](O)(c2ccccc2)C2CCCCC2)C1.O=C(O)C(O)C(O)C(=O)O. The van der Waals surface area contributed by atoms with E-state index in [1.54, 1.807) is 0 Å². The van der Waals surface area contributed by atoms with Crippen LogP contribution >= 0.6 is 0 Å². The van der Waals surface area contributed by atoms with Crippen molar-refractivity contribution in [3.05, 3.63) is 35.9 Å². The van der Waals surface area contributed by atoms with Crippen LogP contribution in [0.1, 0.15) is 44.1 Å². The molecule has 0 amide bonds. The summed E-state index contributed by atoms with van der Waals surface area (Å²) in [6.07, 6.45) is 1.29. The van der Waals surface area contributed by atoms with E-state index in [1.807, 2.05) is 37.4 Å². The van der Waals surface area contributed by atoms with Crippen molar-refractivity contribution in [3.8, 4) is 0 Å². The predicted molar refractivity (Wildman–Crippen MR) is 116 cm³/mol. The summed E-state index contributed by atoms with van der Waals surface area (Å²) >= 11 is 0. The van der Waals surface area contributed by atoms with Crippen molar-refractivity contribution >= 4 is 17.9 Å². The Labute approximate surface area is 192 Å². The van der Waals surface area contributed by atoms with Crippen LogP contribution in [0, 0.1) is 5.92 Å². The monoisotopic (exact) mass is 467 g/mol. The lowest BCUT2D eigenvalue weighted by atomic mass is 9.73. The minimum atomic E-state index is -2.27. The van der Waals surface area contributed by atoms with Gasteiger partial charge in [-0.2, -0.15) is 0 Å². The van der Waals surface area contributed by atoms with Gasteiger partial charge in [-0.15, -0.1) is 0 Å². The van der Waals surface area contributed by atoms with E-state index in [0.29, 0.717) is 5.56 Å². The third kappa shape index (κ3) is 6.97. The lowest BCUT2D eigenvalue weighted by Crippen LogP contribution is -2.46. The van der Waals surface area contributed by atoms with Crippen molar-refractivity contribution in [1.82, 2.24) is 4.90 Å². The van der Waals surface area contributed by atoms with Crippen LogP contribution in [-0.2, 0) is 24.7 Å². The van der Waals surface area contributed by atoms with E-state index in [9.17, 15) is 19.5 Å². The van der Waals surface area contributed by atoms with Crippen LogP contribution in [-0.4, -0.2) is 86.8 Å². The van der Waals surface area contributed by atoms with Crippen LogP contribution in [0.3, 0.4) is 0 Å². The Kier molecular flexibility index (Phi) is 9.78. The number of likely N-dealkylation sites (N-methyl/N-ethyl adjacent to an activating group) is 1. The minimum absolute atomic E-state index is 0.0507. The molecule has 2 unspecified atom stereocenters. The summed E-state index contributed by atoms with van der Waals surface area (Å²) in [5, 5.41) is 43.9. The largest absolute Gasteiger partial charge is 0.479 e. The molecule has 0 bridgehead atoms. The average molecular weight is 468 g/mol. The molecule has 1 aliphatic carbocycles. The third-order valence-electron chi connectivity index (χ3n) is 6.15. The number of aliphatic hydroxyl groups excluding tert-OH is 2. The molecule has 1 aromatic carbocycles. The highest BCUT2D eigenvalue weighted by Gasteiger charge is 2.48. The lowest BCUT2D eigenvalue weighted by molar-refractivity contribution is -0.180. The molecule has 3 rings (SSSR count). The molecule has 1 heterocycles. The number of rotatable bonds is 7. The molecule has 2 fully saturated rings. The highest BCUT2D eigenvalue weighted by atomic mass is 16.6. The van der Waals surface area contributed by atoms with Crippen molar-refractivity contribution in [2.75, 3.05) is 20.1 Å². The maximum absolute atomic E-state index is 12.9. The van der Waals surface area contributed by atoms with Gasteiger partial charge in [-0.05, 0) is 31.9 Å². The van der Waals surface area contributed by atoms with Gasteiger partial charge in [0.25, 0.3) is 0 Å². The van der Waals surface area contributed by atoms with Crippen molar-refractivity contribution in [2.24, 2.45) is 5.92 Å². The van der Waals surface area contributed by atoms with Crippen molar-refractivity contribution < 1.29 is 44.7 Å². The molecule has 0 radical (unpaired) electrons. The Morgan fingerprint density at radius 3 is 1.97 bits per heavy atom. The van der Waals surface area contributed by atoms with E-state index in [4.69, 9.17) is 25.2 Å². The summed E-state index contributed by atoms with van der Waals surface area (Å²) in [4.78, 5) is 34.6. The molecule has 0 aromatic heterocycles. The molecular formula is C23H33NO9. The van der Waals surface area contributed by atoms with Crippen molar-refractivity contribution in [3.63, 3.8) is 0 Å². The van der Waals surface area contributed by atoms with Crippen molar-refractivity contribution in [2.45, 2.75) is 62.4 Å². The summed E-state index contributed by atoms with van der Waals surface area (Å²) in [5.41, 5.74) is -0.841. The van der Waals surface area contributed by atoms with Gasteiger partial charge in [0.1, 0.15) is 6.10 Å². The number of carbonyl (C=O) groups excluding carboxylic acids is 1. The third-order valence-corrected chi connectivity index (χ3v) is 6.15. The number of nitrogens with zero attached hydrogens (tertiary/aromatic N) is 1. The van der Waals surface area contributed by atoms with Crippen LogP contribution in [0.4, 0.5) is 0 Å². The highest BCUT2D eigenvalue weighted by Crippen LogP contribution is 2.40. The Morgan fingerprint density at radius 2 is 1.52 bits per heavy atom. The zero-order chi connectivity index (χ0) is 24.6. The van der Waals surface area contributed by atoms with Gasteiger partial charge < -0.3 is 35.2 Å². The summed E-state index contributed by atoms with van der Waals surface area (Å²) < 4.78 is 5.72. The van der Waals surface area contributed by atoms with Crippen LogP contribution in [0.15, 0.2) is 30.3 Å². The number of carbonyl (C=O) groups is 3. The average Bonchev–Trinajstić information content (AvgIpc) is 3.23. The van der Waals surface area contributed by atoms with Gasteiger partial charge in [0.15, 0.2) is 17.8 Å². The molecule has 0 spiro atoms. The minimum Gasteiger partial charge on any atom is -0.479 e.